The molecule has 102 valence electrons. The molecule has 2 heterocycles. The van der Waals surface area contributed by atoms with Crippen LogP contribution in [0.15, 0.2) is 12.4 Å². The van der Waals surface area contributed by atoms with Crippen LogP contribution in [-0.4, -0.2) is 19.7 Å². The average molecular weight is 281 g/mol. The first-order valence-electron chi connectivity index (χ1n) is 5.95. The lowest BCUT2D eigenvalue weighted by atomic mass is 10.1. The van der Waals surface area contributed by atoms with Crippen LogP contribution in [0.3, 0.4) is 0 Å². The Morgan fingerprint density at radius 1 is 1.37 bits per heavy atom. The largest absolute Gasteiger partial charge is 0.271 e. The molecule has 7 heteroatoms. The number of hydrogen-bond donors (Lipinski definition) is 2. The van der Waals surface area contributed by atoms with Gasteiger partial charge in [0, 0.05) is 31.4 Å². The molecule has 19 heavy (non-hydrogen) atoms. The van der Waals surface area contributed by atoms with Gasteiger partial charge in [-0.1, -0.05) is 11.6 Å². The number of aryl methyl sites for hydroxylation is 3. The summed E-state index contributed by atoms with van der Waals surface area (Å²) >= 11 is 6.22. The molecule has 6 nitrogen and oxygen atoms in total. The Kier molecular flexibility index (Phi) is 4.14. The van der Waals surface area contributed by atoms with Crippen molar-refractivity contribution in [2.45, 2.75) is 26.3 Å². The van der Waals surface area contributed by atoms with Crippen LogP contribution in [-0.2, 0) is 13.5 Å². The van der Waals surface area contributed by atoms with E-state index in [-0.39, 0.29) is 6.04 Å². The van der Waals surface area contributed by atoms with Crippen molar-refractivity contribution in [1.82, 2.24) is 25.2 Å². The summed E-state index contributed by atoms with van der Waals surface area (Å²) in [6.45, 7) is 3.86. The lowest BCUT2D eigenvalue weighted by Crippen LogP contribution is -2.31. The van der Waals surface area contributed by atoms with Crippen LogP contribution >= 0.6 is 11.6 Å². The smallest absolute Gasteiger partial charge is 0.146 e. The second-order valence-corrected chi connectivity index (χ2v) is 4.88. The number of hydrogen-bond acceptors (Lipinski definition) is 5. The van der Waals surface area contributed by atoms with Gasteiger partial charge in [0.2, 0.25) is 0 Å². The van der Waals surface area contributed by atoms with Gasteiger partial charge in [-0.3, -0.25) is 10.5 Å². The first-order chi connectivity index (χ1) is 9.02. The fourth-order valence-electron chi connectivity index (χ4n) is 1.92. The quantitative estimate of drug-likeness (QED) is 0.650. The highest BCUT2D eigenvalue weighted by Gasteiger charge is 2.19. The number of halogens is 1. The van der Waals surface area contributed by atoms with Crippen LogP contribution in [0.2, 0.25) is 5.15 Å². The number of nitrogens with one attached hydrogen (secondary N) is 1. The average Bonchev–Trinajstić information content (AvgIpc) is 2.63. The summed E-state index contributed by atoms with van der Waals surface area (Å²) in [7, 11) is 1.81. The van der Waals surface area contributed by atoms with Crippen molar-refractivity contribution in [1.29, 1.82) is 0 Å². The van der Waals surface area contributed by atoms with Crippen LogP contribution in [0, 0.1) is 13.8 Å². The predicted octanol–water partition coefficient (Wildman–Crippen LogP) is 1.23. The van der Waals surface area contributed by atoms with Gasteiger partial charge in [0.15, 0.2) is 0 Å². The molecule has 0 spiro atoms. The van der Waals surface area contributed by atoms with E-state index in [0.717, 1.165) is 16.8 Å². The Labute approximate surface area is 117 Å². The normalized spacial score (nSPS) is 12.7. The van der Waals surface area contributed by atoms with E-state index in [1.165, 1.54) is 0 Å². The van der Waals surface area contributed by atoms with Crippen LogP contribution in [0.5, 0.6) is 0 Å². The van der Waals surface area contributed by atoms with E-state index in [9.17, 15) is 0 Å². The summed E-state index contributed by atoms with van der Waals surface area (Å²) in [5.74, 6) is 6.24. The molecule has 2 rings (SSSR count). The molecule has 0 saturated heterocycles. The number of rotatable bonds is 4. The lowest BCUT2D eigenvalue weighted by molar-refractivity contribution is 0.521. The molecule has 0 aromatic carbocycles. The van der Waals surface area contributed by atoms with E-state index in [1.54, 1.807) is 17.1 Å². The summed E-state index contributed by atoms with van der Waals surface area (Å²) in [5, 5.41) is 4.90. The molecule has 0 aliphatic heterocycles. The van der Waals surface area contributed by atoms with Gasteiger partial charge in [0.25, 0.3) is 0 Å². The van der Waals surface area contributed by atoms with Crippen LogP contribution in [0.4, 0.5) is 0 Å². The molecular weight excluding hydrogens is 264 g/mol. The summed E-state index contributed by atoms with van der Waals surface area (Å²) in [4.78, 5) is 8.58. The number of nitrogens with zero attached hydrogens (tertiary/aromatic N) is 4. The standard InChI is InChI=1S/C12H17ClN6/c1-7-5-15-12(16-6-7)10(17-14)4-9-8(2)18-19(3)11(9)13/h5-6,10,17H,4,14H2,1-3H3. The van der Waals surface area contributed by atoms with Crippen molar-refractivity contribution in [3.63, 3.8) is 0 Å². The molecule has 0 bridgehead atoms. The predicted molar refractivity (Wildman–Crippen MR) is 73.5 cm³/mol. The molecule has 0 amide bonds. The molecule has 0 aliphatic rings. The highest BCUT2D eigenvalue weighted by Crippen LogP contribution is 2.24. The third-order valence-electron chi connectivity index (χ3n) is 2.99. The number of hydrazine groups is 1. The van der Waals surface area contributed by atoms with Gasteiger partial charge in [-0.2, -0.15) is 5.10 Å². The van der Waals surface area contributed by atoms with E-state index in [4.69, 9.17) is 17.4 Å². The molecule has 0 aliphatic carbocycles. The van der Waals surface area contributed by atoms with Crippen molar-refractivity contribution in [3.8, 4) is 0 Å². The monoisotopic (exact) mass is 280 g/mol. The molecule has 0 saturated carbocycles. The van der Waals surface area contributed by atoms with Crippen molar-refractivity contribution < 1.29 is 0 Å². The zero-order chi connectivity index (χ0) is 14.0. The fraction of sp³-hybridized carbons (Fsp3) is 0.417. The molecule has 1 unspecified atom stereocenters. The second-order valence-electron chi connectivity index (χ2n) is 4.52. The number of nitrogens with two attached hydrogens (primary N) is 1. The Morgan fingerprint density at radius 3 is 2.47 bits per heavy atom. The van der Waals surface area contributed by atoms with E-state index in [0.29, 0.717) is 17.4 Å². The first-order valence-corrected chi connectivity index (χ1v) is 6.33. The molecule has 0 radical (unpaired) electrons. The third-order valence-corrected chi connectivity index (χ3v) is 3.46. The summed E-state index contributed by atoms with van der Waals surface area (Å²) in [6.07, 6.45) is 4.13. The van der Waals surface area contributed by atoms with Crippen LogP contribution in [0.1, 0.15) is 28.7 Å². The van der Waals surface area contributed by atoms with Crippen LogP contribution in [0.25, 0.3) is 0 Å². The summed E-state index contributed by atoms with van der Waals surface area (Å²) in [6, 6.07) is -0.194. The second kappa shape index (κ2) is 5.64. The molecular formula is C12H17ClN6. The molecule has 2 aromatic rings. The van der Waals surface area contributed by atoms with Crippen molar-refractivity contribution in [2.24, 2.45) is 12.9 Å². The van der Waals surface area contributed by atoms with Crippen molar-refractivity contribution in [2.75, 3.05) is 0 Å². The molecule has 0 fully saturated rings. The Hall–Kier alpha value is -1.50. The fourth-order valence-corrected chi connectivity index (χ4v) is 2.17. The maximum Gasteiger partial charge on any atom is 0.146 e. The van der Waals surface area contributed by atoms with E-state index < -0.39 is 0 Å². The van der Waals surface area contributed by atoms with Gasteiger partial charge in [-0.25, -0.2) is 15.4 Å². The maximum absolute atomic E-state index is 6.22. The van der Waals surface area contributed by atoms with Gasteiger partial charge in [0.05, 0.1) is 11.7 Å². The molecule has 2 aromatic heterocycles. The minimum Gasteiger partial charge on any atom is -0.271 e. The Morgan fingerprint density at radius 2 is 2.00 bits per heavy atom. The maximum atomic E-state index is 6.22. The SMILES string of the molecule is Cc1cnc(C(Cc2c(C)nn(C)c2Cl)NN)nc1. The van der Waals surface area contributed by atoms with E-state index >= 15 is 0 Å². The van der Waals surface area contributed by atoms with Crippen LogP contribution < -0.4 is 11.3 Å². The Bertz CT molecular complexity index is 562. The van der Waals surface area contributed by atoms with E-state index in [1.807, 2.05) is 20.9 Å². The molecule has 3 N–H and O–H groups in total. The highest BCUT2D eigenvalue weighted by molar-refractivity contribution is 6.30. The van der Waals surface area contributed by atoms with Gasteiger partial charge in [-0.05, 0) is 19.4 Å². The summed E-state index contributed by atoms with van der Waals surface area (Å²) in [5.41, 5.74) is 5.58. The minimum absolute atomic E-state index is 0.194. The minimum atomic E-state index is -0.194. The summed E-state index contributed by atoms with van der Waals surface area (Å²) < 4.78 is 1.65. The lowest BCUT2D eigenvalue weighted by Gasteiger charge is -2.14. The van der Waals surface area contributed by atoms with Gasteiger partial charge in [-0.15, -0.1) is 0 Å². The Balaban J connectivity index is 2.26. The zero-order valence-electron chi connectivity index (χ0n) is 11.2. The van der Waals surface area contributed by atoms with Gasteiger partial charge < -0.3 is 0 Å². The highest BCUT2D eigenvalue weighted by atomic mass is 35.5. The van der Waals surface area contributed by atoms with Gasteiger partial charge >= 0.3 is 0 Å². The van der Waals surface area contributed by atoms with E-state index in [2.05, 4.69) is 20.5 Å². The topological polar surface area (TPSA) is 81.7 Å². The van der Waals surface area contributed by atoms with Crippen molar-refractivity contribution in [3.05, 3.63) is 40.2 Å². The van der Waals surface area contributed by atoms with Gasteiger partial charge in [0.1, 0.15) is 11.0 Å². The zero-order valence-corrected chi connectivity index (χ0v) is 11.9. The third kappa shape index (κ3) is 2.91. The van der Waals surface area contributed by atoms with Crippen molar-refractivity contribution >= 4 is 11.6 Å². The number of aromatic nitrogens is 4. The first kappa shape index (κ1) is 13.9. The molecule has 1 atom stereocenters.